The molecule has 3 atom stereocenters. The Morgan fingerprint density at radius 3 is 2.76 bits per heavy atom. The van der Waals surface area contributed by atoms with Crippen LogP contribution in [0.4, 0.5) is 0 Å². The maximum absolute atomic E-state index is 5.83. The minimum Gasteiger partial charge on any atom is -0.493 e. The Bertz CT molecular complexity index is 622. The van der Waals surface area contributed by atoms with Crippen molar-refractivity contribution in [3.05, 3.63) is 65.2 Å². The van der Waals surface area contributed by atoms with Gasteiger partial charge in [-0.3, -0.25) is 0 Å². The summed E-state index contributed by atoms with van der Waals surface area (Å²) < 4.78 is 5.83. The van der Waals surface area contributed by atoms with E-state index in [0.717, 1.165) is 12.4 Å². The summed E-state index contributed by atoms with van der Waals surface area (Å²) in [5, 5.41) is 3.79. The van der Waals surface area contributed by atoms with Crippen molar-refractivity contribution in [3.8, 4) is 5.75 Å². The molecule has 0 aliphatic carbocycles. The standard InChI is InChI=1S/C19H23NO/c1-13-7-6-8-16(11-13)15(3)20-19-14(2)12-21-18-10-5-4-9-17(18)19/h4-11,14-15,19-20H,12H2,1-3H3/t14?,15-,19?/m0/s1. The number of aryl methyl sites for hydroxylation is 1. The molecular formula is C19H23NO. The molecular weight excluding hydrogens is 258 g/mol. The summed E-state index contributed by atoms with van der Waals surface area (Å²) >= 11 is 0. The highest BCUT2D eigenvalue weighted by molar-refractivity contribution is 5.38. The molecule has 21 heavy (non-hydrogen) atoms. The van der Waals surface area contributed by atoms with Gasteiger partial charge in [0.2, 0.25) is 0 Å². The minimum atomic E-state index is 0.323. The lowest BCUT2D eigenvalue weighted by atomic mass is 9.90. The van der Waals surface area contributed by atoms with Gasteiger partial charge in [-0.05, 0) is 25.5 Å². The molecule has 2 heteroatoms. The van der Waals surface area contributed by atoms with Gasteiger partial charge in [0.1, 0.15) is 5.75 Å². The van der Waals surface area contributed by atoms with E-state index in [1.807, 2.05) is 6.07 Å². The van der Waals surface area contributed by atoms with Gasteiger partial charge in [-0.15, -0.1) is 0 Å². The Morgan fingerprint density at radius 1 is 1.14 bits per heavy atom. The van der Waals surface area contributed by atoms with Crippen LogP contribution in [0.2, 0.25) is 0 Å². The largest absolute Gasteiger partial charge is 0.493 e. The third kappa shape index (κ3) is 2.96. The van der Waals surface area contributed by atoms with Crippen LogP contribution in [0.25, 0.3) is 0 Å². The highest BCUT2D eigenvalue weighted by Crippen LogP contribution is 2.36. The fourth-order valence-corrected chi connectivity index (χ4v) is 3.05. The lowest BCUT2D eigenvalue weighted by Crippen LogP contribution is -2.35. The van der Waals surface area contributed by atoms with Gasteiger partial charge in [-0.2, -0.15) is 0 Å². The maximum atomic E-state index is 5.83. The van der Waals surface area contributed by atoms with Gasteiger partial charge < -0.3 is 10.1 Å². The average molecular weight is 281 g/mol. The number of benzene rings is 2. The summed E-state index contributed by atoms with van der Waals surface area (Å²) in [7, 11) is 0. The molecule has 0 bridgehead atoms. The number of para-hydroxylation sites is 1. The fraction of sp³-hybridized carbons (Fsp3) is 0.368. The summed E-state index contributed by atoms with van der Waals surface area (Å²) in [5.74, 6) is 1.48. The lowest BCUT2D eigenvalue weighted by molar-refractivity contribution is 0.182. The smallest absolute Gasteiger partial charge is 0.124 e. The molecule has 2 aromatic rings. The van der Waals surface area contributed by atoms with E-state index in [9.17, 15) is 0 Å². The number of nitrogens with one attached hydrogen (secondary N) is 1. The normalized spacial score (nSPS) is 22.2. The van der Waals surface area contributed by atoms with Gasteiger partial charge in [-0.1, -0.05) is 55.0 Å². The Morgan fingerprint density at radius 2 is 1.95 bits per heavy atom. The molecule has 2 unspecified atom stereocenters. The van der Waals surface area contributed by atoms with Crippen molar-refractivity contribution < 1.29 is 4.74 Å². The van der Waals surface area contributed by atoms with Crippen LogP contribution in [0.15, 0.2) is 48.5 Å². The number of hydrogen-bond acceptors (Lipinski definition) is 2. The van der Waals surface area contributed by atoms with Crippen molar-refractivity contribution in [2.75, 3.05) is 6.61 Å². The van der Waals surface area contributed by atoms with Gasteiger partial charge >= 0.3 is 0 Å². The van der Waals surface area contributed by atoms with E-state index in [2.05, 4.69) is 68.6 Å². The molecule has 0 aromatic heterocycles. The summed E-state index contributed by atoms with van der Waals surface area (Å²) in [6.07, 6.45) is 0. The van der Waals surface area contributed by atoms with Gasteiger partial charge in [0.05, 0.1) is 6.61 Å². The zero-order valence-corrected chi connectivity index (χ0v) is 13.0. The molecule has 0 radical (unpaired) electrons. The first kappa shape index (κ1) is 14.2. The molecule has 1 N–H and O–H groups in total. The van der Waals surface area contributed by atoms with E-state index < -0.39 is 0 Å². The quantitative estimate of drug-likeness (QED) is 0.899. The predicted molar refractivity (Wildman–Crippen MR) is 86.6 cm³/mol. The Hall–Kier alpha value is -1.80. The van der Waals surface area contributed by atoms with Crippen LogP contribution < -0.4 is 10.1 Å². The monoisotopic (exact) mass is 281 g/mol. The third-order valence-electron chi connectivity index (χ3n) is 4.30. The van der Waals surface area contributed by atoms with E-state index in [-0.39, 0.29) is 0 Å². The molecule has 1 aliphatic heterocycles. The molecule has 0 spiro atoms. The summed E-state index contributed by atoms with van der Waals surface area (Å²) in [6.45, 7) is 7.40. The summed E-state index contributed by atoms with van der Waals surface area (Å²) in [4.78, 5) is 0. The predicted octanol–water partition coefficient (Wildman–Crippen LogP) is 4.42. The number of rotatable bonds is 3. The maximum Gasteiger partial charge on any atom is 0.124 e. The van der Waals surface area contributed by atoms with Crippen LogP contribution in [0.3, 0.4) is 0 Å². The highest BCUT2D eigenvalue weighted by Gasteiger charge is 2.28. The first-order valence-corrected chi connectivity index (χ1v) is 7.69. The topological polar surface area (TPSA) is 21.3 Å². The number of fused-ring (bicyclic) bond motifs is 1. The van der Waals surface area contributed by atoms with E-state index in [1.54, 1.807) is 0 Å². The van der Waals surface area contributed by atoms with E-state index >= 15 is 0 Å². The first-order chi connectivity index (χ1) is 10.1. The molecule has 1 heterocycles. The Kier molecular flexibility index (Phi) is 3.98. The molecule has 0 amide bonds. The van der Waals surface area contributed by atoms with Crippen LogP contribution in [0.5, 0.6) is 5.75 Å². The minimum absolute atomic E-state index is 0.323. The highest BCUT2D eigenvalue weighted by atomic mass is 16.5. The van der Waals surface area contributed by atoms with Crippen LogP contribution in [0, 0.1) is 12.8 Å². The zero-order chi connectivity index (χ0) is 14.8. The van der Waals surface area contributed by atoms with Crippen molar-refractivity contribution in [2.45, 2.75) is 32.9 Å². The molecule has 2 nitrogen and oxygen atoms in total. The number of ether oxygens (including phenoxy) is 1. The van der Waals surface area contributed by atoms with Crippen molar-refractivity contribution in [2.24, 2.45) is 5.92 Å². The third-order valence-corrected chi connectivity index (χ3v) is 4.30. The van der Waals surface area contributed by atoms with Crippen molar-refractivity contribution in [3.63, 3.8) is 0 Å². The summed E-state index contributed by atoms with van der Waals surface area (Å²) in [5.41, 5.74) is 3.92. The van der Waals surface area contributed by atoms with Crippen molar-refractivity contribution in [1.82, 2.24) is 5.32 Å². The van der Waals surface area contributed by atoms with Crippen LogP contribution >= 0.6 is 0 Å². The van der Waals surface area contributed by atoms with Gasteiger partial charge in [0.25, 0.3) is 0 Å². The Labute approximate surface area is 127 Å². The van der Waals surface area contributed by atoms with Gasteiger partial charge in [-0.25, -0.2) is 0 Å². The molecule has 0 saturated carbocycles. The first-order valence-electron chi connectivity index (χ1n) is 7.69. The SMILES string of the molecule is Cc1cccc([C@H](C)NC2c3ccccc3OCC2C)c1. The lowest BCUT2D eigenvalue weighted by Gasteiger charge is -2.34. The molecule has 110 valence electrons. The van der Waals surface area contributed by atoms with Crippen LogP contribution in [-0.2, 0) is 0 Å². The van der Waals surface area contributed by atoms with Gasteiger partial charge in [0, 0.05) is 23.6 Å². The average Bonchev–Trinajstić information content (AvgIpc) is 2.50. The molecule has 3 rings (SSSR count). The molecule has 2 aromatic carbocycles. The zero-order valence-electron chi connectivity index (χ0n) is 13.0. The van der Waals surface area contributed by atoms with E-state index in [0.29, 0.717) is 18.0 Å². The van der Waals surface area contributed by atoms with Crippen LogP contribution in [-0.4, -0.2) is 6.61 Å². The second-order valence-electron chi connectivity index (χ2n) is 6.11. The van der Waals surface area contributed by atoms with Crippen molar-refractivity contribution >= 4 is 0 Å². The van der Waals surface area contributed by atoms with Crippen molar-refractivity contribution in [1.29, 1.82) is 0 Å². The van der Waals surface area contributed by atoms with Gasteiger partial charge in [0.15, 0.2) is 0 Å². The second kappa shape index (κ2) is 5.90. The second-order valence-corrected chi connectivity index (χ2v) is 6.11. The fourth-order valence-electron chi connectivity index (χ4n) is 3.05. The van der Waals surface area contributed by atoms with E-state index in [1.165, 1.54) is 16.7 Å². The molecule has 0 fully saturated rings. The molecule has 0 saturated heterocycles. The van der Waals surface area contributed by atoms with Crippen LogP contribution in [0.1, 0.15) is 42.6 Å². The van der Waals surface area contributed by atoms with E-state index in [4.69, 9.17) is 4.74 Å². The summed E-state index contributed by atoms with van der Waals surface area (Å²) in [6, 6.07) is 17.7. The molecule has 1 aliphatic rings. The Balaban J connectivity index is 1.84. The number of hydrogen-bond donors (Lipinski definition) is 1.